The van der Waals surface area contributed by atoms with Gasteiger partial charge in [0, 0.05) is 18.7 Å². The molecule has 4 aromatic rings. The highest BCUT2D eigenvalue weighted by atomic mass is 16.2. The van der Waals surface area contributed by atoms with Gasteiger partial charge < -0.3 is 4.90 Å². The lowest BCUT2D eigenvalue weighted by Crippen LogP contribution is -2.30. The molecule has 1 fully saturated rings. The molecule has 2 aromatic heterocycles. The van der Waals surface area contributed by atoms with Crippen molar-refractivity contribution >= 4 is 17.8 Å². The number of amides is 1. The molecule has 0 aliphatic carbocycles. The van der Waals surface area contributed by atoms with Crippen LogP contribution in [0.2, 0.25) is 0 Å². The highest BCUT2D eigenvalue weighted by Crippen LogP contribution is 2.24. The summed E-state index contributed by atoms with van der Waals surface area (Å²) in [6.45, 7) is 1.88. The molecule has 1 aliphatic heterocycles. The number of carbonyl (C=O) groups is 1. The van der Waals surface area contributed by atoms with Crippen LogP contribution in [0, 0.1) is 0 Å². The number of nitrogens with zero attached hydrogens (tertiary/aromatic N) is 5. The molecule has 1 saturated heterocycles. The number of benzene rings is 2. The number of aromatic amines is 1. The van der Waals surface area contributed by atoms with Crippen LogP contribution < -0.4 is 10.2 Å². The monoisotopic (exact) mass is 413 g/mol. The number of H-pyrrole nitrogens is 1. The Hall–Kier alpha value is -3.94. The topological polar surface area (TPSA) is 91.7 Å². The second kappa shape index (κ2) is 8.43. The van der Waals surface area contributed by atoms with Crippen LogP contribution in [0.5, 0.6) is 0 Å². The standard InChI is InChI=1S/C23H23N7O/c31-21(24-22-25-23(27-26-22)29-14-8-3-9-15-29)19-16-20(17-10-4-1-5-11-17)30(28-19)18-12-6-2-7-13-18/h1-2,4-7,10-13,16H,3,8-9,14-15H2,(H2,24,25,26,27,31). The first-order valence-corrected chi connectivity index (χ1v) is 10.5. The molecule has 2 N–H and O–H groups in total. The Morgan fingerprint density at radius 3 is 2.39 bits per heavy atom. The van der Waals surface area contributed by atoms with E-state index in [0.29, 0.717) is 17.6 Å². The molecular formula is C23H23N7O. The minimum Gasteiger partial charge on any atom is -0.340 e. The summed E-state index contributed by atoms with van der Waals surface area (Å²) in [4.78, 5) is 19.5. The van der Waals surface area contributed by atoms with Gasteiger partial charge in [-0.05, 0) is 37.5 Å². The highest BCUT2D eigenvalue weighted by molar-refractivity contribution is 6.02. The summed E-state index contributed by atoms with van der Waals surface area (Å²) in [6, 6.07) is 21.5. The van der Waals surface area contributed by atoms with Crippen LogP contribution in [0.25, 0.3) is 16.9 Å². The van der Waals surface area contributed by atoms with Gasteiger partial charge in [0.15, 0.2) is 5.69 Å². The van der Waals surface area contributed by atoms with Gasteiger partial charge in [-0.1, -0.05) is 48.5 Å². The molecule has 1 aliphatic rings. The van der Waals surface area contributed by atoms with Crippen molar-refractivity contribution in [1.29, 1.82) is 0 Å². The summed E-state index contributed by atoms with van der Waals surface area (Å²) >= 11 is 0. The van der Waals surface area contributed by atoms with Gasteiger partial charge in [0.25, 0.3) is 5.91 Å². The summed E-state index contributed by atoms with van der Waals surface area (Å²) in [5, 5.41) is 14.4. The van der Waals surface area contributed by atoms with Crippen molar-refractivity contribution in [1.82, 2.24) is 25.0 Å². The smallest absolute Gasteiger partial charge is 0.278 e. The van der Waals surface area contributed by atoms with E-state index in [0.717, 1.165) is 42.9 Å². The molecule has 0 saturated carbocycles. The summed E-state index contributed by atoms with van der Waals surface area (Å²) < 4.78 is 1.78. The van der Waals surface area contributed by atoms with E-state index in [9.17, 15) is 4.79 Å². The van der Waals surface area contributed by atoms with Crippen LogP contribution in [0.1, 0.15) is 29.8 Å². The predicted octanol–water partition coefficient (Wildman–Crippen LogP) is 3.90. The van der Waals surface area contributed by atoms with Crippen LogP contribution in [0.4, 0.5) is 11.9 Å². The Morgan fingerprint density at radius 1 is 0.935 bits per heavy atom. The first-order chi connectivity index (χ1) is 15.3. The first-order valence-electron chi connectivity index (χ1n) is 10.5. The minimum atomic E-state index is -0.340. The van der Waals surface area contributed by atoms with Crippen LogP contribution in [0.3, 0.4) is 0 Å². The number of nitrogens with one attached hydrogen (secondary N) is 2. The zero-order valence-corrected chi connectivity index (χ0v) is 17.0. The highest BCUT2D eigenvalue weighted by Gasteiger charge is 2.20. The van der Waals surface area contributed by atoms with E-state index in [1.54, 1.807) is 10.7 Å². The van der Waals surface area contributed by atoms with Crippen LogP contribution in [-0.2, 0) is 0 Å². The van der Waals surface area contributed by atoms with Gasteiger partial charge in [-0.25, -0.2) is 9.78 Å². The number of piperidine rings is 1. The van der Waals surface area contributed by atoms with Gasteiger partial charge in [0.05, 0.1) is 11.4 Å². The molecule has 8 nitrogen and oxygen atoms in total. The SMILES string of the molecule is O=C(Nc1nc(N2CCCCC2)n[nH]1)c1cc(-c2ccccc2)n(-c2ccccc2)n1. The number of hydrogen-bond acceptors (Lipinski definition) is 5. The Bertz CT molecular complexity index is 1100. The van der Waals surface area contributed by atoms with Gasteiger partial charge in [-0.2, -0.15) is 10.1 Å². The Labute approximate surface area is 179 Å². The second-order valence-corrected chi connectivity index (χ2v) is 7.51. The third kappa shape index (κ3) is 4.05. The summed E-state index contributed by atoms with van der Waals surface area (Å²) in [6.07, 6.45) is 3.50. The third-order valence-corrected chi connectivity index (χ3v) is 5.36. The number of aromatic nitrogens is 5. The quantitative estimate of drug-likeness (QED) is 0.518. The van der Waals surface area contributed by atoms with Crippen molar-refractivity contribution in [3.63, 3.8) is 0 Å². The average molecular weight is 413 g/mol. The number of para-hydroxylation sites is 1. The third-order valence-electron chi connectivity index (χ3n) is 5.36. The van der Waals surface area contributed by atoms with Gasteiger partial charge >= 0.3 is 0 Å². The summed E-state index contributed by atoms with van der Waals surface area (Å²) in [5.74, 6) is 0.601. The molecular weight excluding hydrogens is 390 g/mol. The molecule has 2 aromatic carbocycles. The molecule has 8 heteroatoms. The van der Waals surface area contributed by atoms with Crippen molar-refractivity contribution < 1.29 is 4.79 Å². The number of hydrogen-bond donors (Lipinski definition) is 2. The lowest BCUT2D eigenvalue weighted by molar-refractivity contribution is 0.102. The zero-order valence-electron chi connectivity index (χ0n) is 17.0. The molecule has 0 unspecified atom stereocenters. The van der Waals surface area contributed by atoms with Gasteiger partial charge in [-0.15, -0.1) is 5.10 Å². The van der Waals surface area contributed by atoms with E-state index in [-0.39, 0.29) is 5.91 Å². The molecule has 0 radical (unpaired) electrons. The lowest BCUT2D eigenvalue weighted by atomic mass is 10.1. The molecule has 156 valence electrons. The van der Waals surface area contributed by atoms with E-state index in [1.807, 2.05) is 60.7 Å². The molecule has 5 rings (SSSR count). The van der Waals surface area contributed by atoms with Crippen LogP contribution >= 0.6 is 0 Å². The first kappa shape index (κ1) is 19.0. The van der Waals surface area contributed by atoms with E-state index in [1.165, 1.54) is 6.42 Å². The zero-order chi connectivity index (χ0) is 21.0. The number of anilines is 2. The van der Waals surface area contributed by atoms with E-state index in [4.69, 9.17) is 0 Å². The largest absolute Gasteiger partial charge is 0.340 e. The molecule has 0 bridgehead atoms. The van der Waals surface area contributed by atoms with Gasteiger partial charge in [-0.3, -0.25) is 10.1 Å². The van der Waals surface area contributed by atoms with Crippen LogP contribution in [-0.4, -0.2) is 44.0 Å². The second-order valence-electron chi connectivity index (χ2n) is 7.51. The van der Waals surface area contributed by atoms with E-state index >= 15 is 0 Å². The predicted molar refractivity (Wildman–Crippen MR) is 119 cm³/mol. The fourth-order valence-corrected chi connectivity index (χ4v) is 3.79. The molecule has 0 spiro atoms. The summed E-state index contributed by atoms with van der Waals surface area (Å²) in [5.41, 5.74) is 3.00. The normalized spacial score (nSPS) is 13.9. The van der Waals surface area contributed by atoms with Crippen molar-refractivity contribution in [3.8, 4) is 16.9 Å². The molecule has 0 atom stereocenters. The Kier molecular flexibility index (Phi) is 5.18. The fraction of sp³-hybridized carbons (Fsp3) is 0.217. The van der Waals surface area contributed by atoms with Crippen molar-refractivity contribution in [3.05, 3.63) is 72.4 Å². The minimum absolute atomic E-state index is 0.304. The summed E-state index contributed by atoms with van der Waals surface area (Å²) in [7, 11) is 0. The van der Waals surface area contributed by atoms with E-state index in [2.05, 4.69) is 30.5 Å². The fourth-order valence-electron chi connectivity index (χ4n) is 3.79. The lowest BCUT2D eigenvalue weighted by Gasteiger charge is -2.24. The van der Waals surface area contributed by atoms with Crippen LogP contribution in [0.15, 0.2) is 66.7 Å². The molecule has 31 heavy (non-hydrogen) atoms. The Morgan fingerprint density at radius 2 is 1.65 bits per heavy atom. The number of carbonyl (C=O) groups excluding carboxylic acids is 1. The van der Waals surface area contributed by atoms with Crippen molar-refractivity contribution in [2.75, 3.05) is 23.3 Å². The molecule has 1 amide bonds. The Balaban J connectivity index is 1.42. The molecule has 3 heterocycles. The van der Waals surface area contributed by atoms with Gasteiger partial charge in [0.2, 0.25) is 11.9 Å². The van der Waals surface area contributed by atoms with E-state index < -0.39 is 0 Å². The van der Waals surface area contributed by atoms with Gasteiger partial charge in [0.1, 0.15) is 0 Å². The van der Waals surface area contributed by atoms with Crippen molar-refractivity contribution in [2.45, 2.75) is 19.3 Å². The maximum absolute atomic E-state index is 12.9. The maximum atomic E-state index is 12.9. The number of rotatable bonds is 5. The average Bonchev–Trinajstić information content (AvgIpc) is 3.49. The van der Waals surface area contributed by atoms with Crippen molar-refractivity contribution in [2.24, 2.45) is 0 Å². The maximum Gasteiger partial charge on any atom is 0.278 e.